The molecule has 1 aliphatic heterocycles. The number of ether oxygens (including phenoxy) is 1. The number of pyridine rings is 2. The molecule has 1 atom stereocenters. The van der Waals surface area contributed by atoms with Gasteiger partial charge in [-0.25, -0.2) is 0 Å². The summed E-state index contributed by atoms with van der Waals surface area (Å²) < 4.78 is 5.30. The average molecular weight is 398 g/mol. The van der Waals surface area contributed by atoms with E-state index in [0.717, 1.165) is 25.9 Å². The van der Waals surface area contributed by atoms with Gasteiger partial charge < -0.3 is 4.74 Å². The van der Waals surface area contributed by atoms with Crippen molar-refractivity contribution < 1.29 is 14.3 Å². The first-order chi connectivity index (χ1) is 13.9. The molecule has 0 saturated carbocycles. The molecular weight excluding hydrogens is 366 g/mol. The zero-order chi connectivity index (χ0) is 21.2. The minimum Gasteiger partial charge on any atom is -0.463 e. The number of carbonyl (C=O) groups is 2. The second kappa shape index (κ2) is 11.4. The van der Waals surface area contributed by atoms with Crippen LogP contribution in [0.15, 0.2) is 49.1 Å². The standard InChI is InChI=1S/C16H24N2O2.C7H7NO/c1-12(2)20-16(19)15-6-10-18(11-7-15)13(3)14-4-8-17-9-5-14;1-6(9)7-2-4-8-5-3-7/h4-5,8-9,12-13,15H,6-7,10-11H2,1-3H3;2-5H,1H3. The van der Waals surface area contributed by atoms with Crippen molar-refractivity contribution in [2.45, 2.75) is 52.7 Å². The smallest absolute Gasteiger partial charge is 0.309 e. The van der Waals surface area contributed by atoms with Gasteiger partial charge in [-0.05, 0) is 83.5 Å². The van der Waals surface area contributed by atoms with Crippen molar-refractivity contribution in [1.29, 1.82) is 0 Å². The van der Waals surface area contributed by atoms with E-state index in [1.54, 1.807) is 24.5 Å². The van der Waals surface area contributed by atoms with Crippen LogP contribution in [0.2, 0.25) is 0 Å². The Labute approximate surface area is 173 Å². The number of hydrogen-bond acceptors (Lipinski definition) is 6. The number of aromatic nitrogens is 2. The SMILES string of the molecule is CC(=O)c1ccncc1.CC(C)OC(=O)C1CCN(C(C)c2ccncc2)CC1. The topological polar surface area (TPSA) is 72.4 Å². The molecule has 6 nitrogen and oxygen atoms in total. The maximum absolute atomic E-state index is 11.9. The summed E-state index contributed by atoms with van der Waals surface area (Å²) in [5.74, 6) is 0.118. The average Bonchev–Trinajstić information content (AvgIpc) is 2.74. The van der Waals surface area contributed by atoms with E-state index >= 15 is 0 Å². The van der Waals surface area contributed by atoms with Crippen molar-refractivity contribution in [3.8, 4) is 0 Å². The van der Waals surface area contributed by atoms with Gasteiger partial charge in [0, 0.05) is 36.4 Å². The van der Waals surface area contributed by atoms with Gasteiger partial charge in [0.15, 0.2) is 5.78 Å². The van der Waals surface area contributed by atoms with Gasteiger partial charge in [0.25, 0.3) is 0 Å². The van der Waals surface area contributed by atoms with Crippen LogP contribution < -0.4 is 0 Å². The lowest BCUT2D eigenvalue weighted by Crippen LogP contribution is -2.38. The molecule has 29 heavy (non-hydrogen) atoms. The maximum atomic E-state index is 11.9. The zero-order valence-corrected chi connectivity index (χ0v) is 17.7. The number of ketones is 1. The second-order valence-electron chi connectivity index (χ2n) is 7.54. The van der Waals surface area contributed by atoms with E-state index < -0.39 is 0 Å². The molecule has 1 aliphatic rings. The van der Waals surface area contributed by atoms with Gasteiger partial charge in [-0.1, -0.05) is 0 Å². The third-order valence-corrected chi connectivity index (χ3v) is 5.04. The fraction of sp³-hybridized carbons (Fsp3) is 0.478. The first-order valence-electron chi connectivity index (χ1n) is 10.1. The lowest BCUT2D eigenvalue weighted by atomic mass is 9.95. The summed E-state index contributed by atoms with van der Waals surface area (Å²) >= 11 is 0. The number of carbonyl (C=O) groups excluding carboxylic acids is 2. The molecule has 1 fully saturated rings. The molecule has 0 spiro atoms. The number of hydrogen-bond donors (Lipinski definition) is 0. The number of esters is 1. The molecule has 2 aromatic heterocycles. The third kappa shape index (κ3) is 7.38. The molecule has 156 valence electrons. The Kier molecular flexibility index (Phi) is 8.93. The van der Waals surface area contributed by atoms with Gasteiger partial charge in [-0.2, -0.15) is 0 Å². The molecule has 0 radical (unpaired) electrons. The van der Waals surface area contributed by atoms with Crippen LogP contribution in [0.5, 0.6) is 0 Å². The normalized spacial score (nSPS) is 15.9. The predicted molar refractivity (Wildman–Crippen MR) is 112 cm³/mol. The number of rotatable bonds is 5. The summed E-state index contributed by atoms with van der Waals surface area (Å²) in [4.78, 5) is 32.8. The molecule has 2 aromatic rings. The molecule has 3 heterocycles. The van der Waals surface area contributed by atoms with Crippen LogP contribution in [0.4, 0.5) is 0 Å². The quantitative estimate of drug-likeness (QED) is 0.559. The highest BCUT2D eigenvalue weighted by atomic mass is 16.5. The Balaban J connectivity index is 0.000000278. The lowest BCUT2D eigenvalue weighted by Gasteiger charge is -2.35. The first kappa shape index (κ1) is 22.7. The van der Waals surface area contributed by atoms with Crippen molar-refractivity contribution in [2.24, 2.45) is 5.92 Å². The molecule has 0 aliphatic carbocycles. The first-order valence-corrected chi connectivity index (χ1v) is 10.1. The fourth-order valence-electron chi connectivity index (χ4n) is 3.29. The minimum atomic E-state index is -0.0313. The number of likely N-dealkylation sites (tertiary alicyclic amines) is 1. The van der Waals surface area contributed by atoms with E-state index in [9.17, 15) is 9.59 Å². The monoisotopic (exact) mass is 397 g/mol. The minimum absolute atomic E-state index is 0.0173. The number of Topliss-reactive ketones (excluding diaryl/α,β-unsaturated/α-hetero) is 1. The van der Waals surface area contributed by atoms with E-state index in [0.29, 0.717) is 11.6 Å². The van der Waals surface area contributed by atoms with E-state index in [2.05, 4.69) is 33.9 Å². The van der Waals surface area contributed by atoms with E-state index in [-0.39, 0.29) is 23.8 Å². The van der Waals surface area contributed by atoms with Crippen molar-refractivity contribution in [3.05, 3.63) is 60.2 Å². The summed E-state index contributed by atoms with van der Waals surface area (Å²) in [5.41, 5.74) is 1.99. The molecule has 0 amide bonds. The van der Waals surface area contributed by atoms with Crippen LogP contribution in [0, 0.1) is 5.92 Å². The summed E-state index contributed by atoms with van der Waals surface area (Å²) in [6, 6.07) is 7.89. The van der Waals surface area contributed by atoms with Crippen molar-refractivity contribution in [2.75, 3.05) is 13.1 Å². The summed E-state index contributed by atoms with van der Waals surface area (Å²) in [7, 11) is 0. The van der Waals surface area contributed by atoms with Gasteiger partial charge >= 0.3 is 5.97 Å². The molecule has 3 rings (SSSR count). The predicted octanol–water partition coefficient (Wildman–Crippen LogP) is 4.09. The van der Waals surface area contributed by atoms with Crippen LogP contribution in [0.25, 0.3) is 0 Å². The van der Waals surface area contributed by atoms with Crippen molar-refractivity contribution in [1.82, 2.24) is 14.9 Å². The Bertz CT molecular complexity index is 757. The van der Waals surface area contributed by atoms with Crippen LogP contribution in [-0.4, -0.2) is 45.8 Å². The van der Waals surface area contributed by atoms with Crippen LogP contribution in [-0.2, 0) is 9.53 Å². The molecule has 0 N–H and O–H groups in total. The highest BCUT2D eigenvalue weighted by Crippen LogP contribution is 2.27. The van der Waals surface area contributed by atoms with Crippen LogP contribution >= 0.6 is 0 Å². The molecule has 1 saturated heterocycles. The van der Waals surface area contributed by atoms with Gasteiger partial charge in [0.1, 0.15) is 0 Å². The van der Waals surface area contributed by atoms with Crippen molar-refractivity contribution >= 4 is 11.8 Å². The summed E-state index contributed by atoms with van der Waals surface area (Å²) in [6.07, 6.45) is 8.64. The highest BCUT2D eigenvalue weighted by molar-refractivity contribution is 5.93. The van der Waals surface area contributed by atoms with Gasteiger partial charge in [0.2, 0.25) is 0 Å². The molecular formula is C23H31N3O3. The van der Waals surface area contributed by atoms with E-state index in [1.165, 1.54) is 12.5 Å². The molecule has 1 unspecified atom stereocenters. The van der Waals surface area contributed by atoms with Gasteiger partial charge in [0.05, 0.1) is 12.0 Å². The molecule has 0 bridgehead atoms. The number of nitrogens with zero attached hydrogens (tertiary/aromatic N) is 3. The second-order valence-corrected chi connectivity index (χ2v) is 7.54. The fourth-order valence-corrected chi connectivity index (χ4v) is 3.29. The third-order valence-electron chi connectivity index (χ3n) is 5.04. The summed E-state index contributed by atoms with van der Waals surface area (Å²) in [6.45, 7) is 9.44. The lowest BCUT2D eigenvalue weighted by molar-refractivity contribution is -0.154. The Morgan fingerprint density at radius 2 is 1.48 bits per heavy atom. The zero-order valence-electron chi connectivity index (χ0n) is 17.7. The molecule has 6 heteroatoms. The van der Waals surface area contributed by atoms with Gasteiger partial charge in [-0.3, -0.25) is 24.5 Å². The highest BCUT2D eigenvalue weighted by Gasteiger charge is 2.28. The van der Waals surface area contributed by atoms with Gasteiger partial charge in [-0.15, -0.1) is 0 Å². The van der Waals surface area contributed by atoms with Crippen molar-refractivity contribution in [3.63, 3.8) is 0 Å². The summed E-state index contributed by atoms with van der Waals surface area (Å²) in [5, 5.41) is 0. The Morgan fingerprint density at radius 3 is 1.93 bits per heavy atom. The number of piperidine rings is 1. The van der Waals surface area contributed by atoms with Crippen LogP contribution in [0.3, 0.4) is 0 Å². The van der Waals surface area contributed by atoms with Crippen LogP contribution in [0.1, 0.15) is 62.5 Å². The molecule has 0 aromatic carbocycles. The Hall–Kier alpha value is -2.60. The largest absolute Gasteiger partial charge is 0.463 e. The van der Waals surface area contributed by atoms with E-state index in [1.807, 2.05) is 26.2 Å². The maximum Gasteiger partial charge on any atom is 0.309 e. The Morgan fingerprint density at radius 1 is 0.966 bits per heavy atom. The van der Waals surface area contributed by atoms with E-state index in [4.69, 9.17) is 4.74 Å².